The lowest BCUT2D eigenvalue weighted by molar-refractivity contribution is -0.897. The second-order valence-electron chi connectivity index (χ2n) is 8.07. The fourth-order valence-electron chi connectivity index (χ4n) is 4.84. The third-order valence-corrected chi connectivity index (χ3v) is 6.47. The van der Waals surface area contributed by atoms with Gasteiger partial charge in [-0.2, -0.15) is 15.8 Å². The molecular formula is C24H28N5O2+. The van der Waals surface area contributed by atoms with Crippen LogP contribution in [0.2, 0.25) is 0 Å². The standard InChI is InChI=1S/C24H27N5O2/c1-4-10-31-20-7-6-16(11-21(20)30-3)22-19-13-29(5-2)9-8-17(19)18(12-25)23(28)24(22,14-26)15-27/h6-8,11,18-19,22,28H,4-5,9-10,13H2,1-3H3/p+1/t18-,19+,22+/m0/s1. The van der Waals surface area contributed by atoms with Crippen LogP contribution in [-0.2, 0) is 0 Å². The molecule has 4 atom stereocenters. The average Bonchev–Trinajstić information content (AvgIpc) is 2.81. The van der Waals surface area contributed by atoms with Gasteiger partial charge < -0.3 is 19.8 Å². The first-order valence-corrected chi connectivity index (χ1v) is 10.7. The average molecular weight is 419 g/mol. The van der Waals surface area contributed by atoms with Crippen molar-refractivity contribution in [2.24, 2.45) is 17.3 Å². The van der Waals surface area contributed by atoms with Crippen LogP contribution >= 0.6 is 0 Å². The fraction of sp³-hybridized carbons (Fsp3) is 0.500. The van der Waals surface area contributed by atoms with Gasteiger partial charge in [0, 0.05) is 11.8 Å². The van der Waals surface area contributed by atoms with Crippen molar-refractivity contribution in [3.05, 3.63) is 35.4 Å². The first-order valence-electron chi connectivity index (χ1n) is 10.7. The van der Waals surface area contributed by atoms with Gasteiger partial charge in [0.05, 0.1) is 57.3 Å². The summed E-state index contributed by atoms with van der Waals surface area (Å²) in [7, 11) is 1.56. The molecule has 1 unspecified atom stereocenters. The summed E-state index contributed by atoms with van der Waals surface area (Å²) in [6, 6.07) is 11.9. The first-order chi connectivity index (χ1) is 15.0. The highest BCUT2D eigenvalue weighted by Gasteiger charge is 2.58. The van der Waals surface area contributed by atoms with Gasteiger partial charge in [0.15, 0.2) is 16.9 Å². The predicted molar refractivity (Wildman–Crippen MR) is 115 cm³/mol. The van der Waals surface area contributed by atoms with Crippen LogP contribution in [0.5, 0.6) is 11.5 Å². The summed E-state index contributed by atoms with van der Waals surface area (Å²) in [4.78, 5) is 1.32. The van der Waals surface area contributed by atoms with E-state index < -0.39 is 17.3 Å². The molecule has 0 radical (unpaired) electrons. The van der Waals surface area contributed by atoms with Crippen LogP contribution in [0.25, 0.3) is 0 Å². The summed E-state index contributed by atoms with van der Waals surface area (Å²) in [6.07, 6.45) is 2.90. The zero-order valence-corrected chi connectivity index (χ0v) is 18.2. The minimum Gasteiger partial charge on any atom is -0.493 e. The molecule has 1 fully saturated rings. The van der Waals surface area contributed by atoms with E-state index in [1.54, 1.807) is 13.2 Å². The molecule has 160 valence electrons. The summed E-state index contributed by atoms with van der Waals surface area (Å²) >= 11 is 0. The number of quaternary nitrogens is 1. The number of nitriles is 3. The Balaban J connectivity index is 2.19. The van der Waals surface area contributed by atoms with E-state index >= 15 is 0 Å². The molecule has 0 spiro atoms. The molecule has 7 heteroatoms. The van der Waals surface area contributed by atoms with Crippen molar-refractivity contribution in [3.63, 3.8) is 0 Å². The van der Waals surface area contributed by atoms with Gasteiger partial charge in [-0.05, 0) is 42.7 Å². The number of fused-ring (bicyclic) bond motifs is 1. The maximum Gasteiger partial charge on any atom is 0.189 e. The molecule has 1 heterocycles. The lowest BCUT2D eigenvalue weighted by Gasteiger charge is -2.46. The molecule has 2 aliphatic rings. The Morgan fingerprint density at radius 1 is 1.19 bits per heavy atom. The molecule has 3 rings (SSSR count). The molecule has 31 heavy (non-hydrogen) atoms. The zero-order chi connectivity index (χ0) is 22.6. The van der Waals surface area contributed by atoms with Crippen LogP contribution in [0.4, 0.5) is 0 Å². The van der Waals surface area contributed by atoms with E-state index in [1.165, 1.54) is 4.90 Å². The molecular weight excluding hydrogens is 390 g/mol. The Morgan fingerprint density at radius 2 is 1.94 bits per heavy atom. The Labute approximate surface area is 183 Å². The van der Waals surface area contributed by atoms with Gasteiger partial charge in [-0.3, -0.25) is 0 Å². The molecule has 1 aromatic carbocycles. The summed E-state index contributed by atoms with van der Waals surface area (Å²) < 4.78 is 11.3. The number of nitrogens with one attached hydrogen (secondary N) is 2. The summed E-state index contributed by atoms with van der Waals surface area (Å²) in [5.41, 5.74) is -0.230. The van der Waals surface area contributed by atoms with E-state index in [1.807, 2.05) is 25.1 Å². The smallest absolute Gasteiger partial charge is 0.189 e. The van der Waals surface area contributed by atoms with Gasteiger partial charge in [0.25, 0.3) is 0 Å². The maximum absolute atomic E-state index is 10.2. The summed E-state index contributed by atoms with van der Waals surface area (Å²) in [5.74, 6) is -0.456. The molecule has 0 amide bonds. The highest BCUT2D eigenvalue weighted by atomic mass is 16.5. The second-order valence-corrected chi connectivity index (χ2v) is 8.07. The van der Waals surface area contributed by atoms with Gasteiger partial charge >= 0.3 is 0 Å². The lowest BCUT2D eigenvalue weighted by atomic mass is 9.54. The zero-order valence-electron chi connectivity index (χ0n) is 18.2. The monoisotopic (exact) mass is 418 g/mol. The van der Waals surface area contributed by atoms with E-state index in [0.717, 1.165) is 30.6 Å². The van der Waals surface area contributed by atoms with Gasteiger partial charge in [-0.1, -0.05) is 13.0 Å². The molecule has 0 saturated heterocycles. The highest BCUT2D eigenvalue weighted by molar-refractivity contribution is 6.00. The van der Waals surface area contributed by atoms with E-state index in [4.69, 9.17) is 14.9 Å². The molecule has 2 N–H and O–H groups in total. The quantitative estimate of drug-likeness (QED) is 0.687. The SMILES string of the molecule is CCCOc1ccc([C@@H]2[C@@H]3C[NH+](CC)CC=C3[C@H](C#N)C(=N)C2(C#N)C#N)cc1OC. The summed E-state index contributed by atoms with van der Waals surface area (Å²) in [6.45, 7) is 7.06. The predicted octanol–water partition coefficient (Wildman–Crippen LogP) is 2.24. The number of benzene rings is 1. The van der Waals surface area contributed by atoms with Crippen LogP contribution in [0, 0.1) is 56.7 Å². The van der Waals surface area contributed by atoms with Gasteiger partial charge in [0.1, 0.15) is 5.92 Å². The van der Waals surface area contributed by atoms with Crippen LogP contribution in [0.3, 0.4) is 0 Å². The number of likely N-dealkylation sites (N-methyl/N-ethyl adjacent to an activating group) is 1. The van der Waals surface area contributed by atoms with Crippen molar-refractivity contribution in [1.82, 2.24) is 0 Å². The van der Waals surface area contributed by atoms with Crippen LogP contribution in [-0.4, -0.2) is 39.1 Å². The van der Waals surface area contributed by atoms with Crippen molar-refractivity contribution >= 4 is 5.71 Å². The Bertz CT molecular complexity index is 996. The number of hydrogen-bond donors (Lipinski definition) is 2. The van der Waals surface area contributed by atoms with Gasteiger partial charge in [-0.15, -0.1) is 0 Å². The third-order valence-electron chi connectivity index (χ3n) is 6.47. The molecule has 7 nitrogen and oxygen atoms in total. The second kappa shape index (κ2) is 9.21. The van der Waals surface area contributed by atoms with Crippen molar-refractivity contribution in [3.8, 4) is 29.7 Å². The van der Waals surface area contributed by atoms with Crippen LogP contribution in [0.15, 0.2) is 29.8 Å². The van der Waals surface area contributed by atoms with E-state index in [2.05, 4.69) is 25.1 Å². The van der Waals surface area contributed by atoms with E-state index in [-0.39, 0.29) is 11.6 Å². The maximum atomic E-state index is 10.2. The van der Waals surface area contributed by atoms with Crippen molar-refractivity contribution in [2.45, 2.75) is 26.2 Å². The van der Waals surface area contributed by atoms with Crippen molar-refractivity contribution in [2.75, 3.05) is 33.4 Å². The number of hydrogen-bond acceptors (Lipinski definition) is 6. The Kier molecular flexibility index (Phi) is 6.64. The summed E-state index contributed by atoms with van der Waals surface area (Å²) in [5, 5.41) is 38.8. The van der Waals surface area contributed by atoms with E-state index in [0.29, 0.717) is 24.7 Å². The fourth-order valence-corrected chi connectivity index (χ4v) is 4.84. The van der Waals surface area contributed by atoms with Crippen molar-refractivity contribution in [1.29, 1.82) is 21.2 Å². The molecule has 1 aromatic rings. The van der Waals surface area contributed by atoms with Crippen LogP contribution < -0.4 is 14.4 Å². The Morgan fingerprint density at radius 3 is 2.52 bits per heavy atom. The third kappa shape index (κ3) is 3.65. The highest BCUT2D eigenvalue weighted by Crippen LogP contribution is 2.53. The first kappa shape index (κ1) is 22.3. The number of methoxy groups -OCH3 is 1. The van der Waals surface area contributed by atoms with E-state index in [9.17, 15) is 15.8 Å². The van der Waals surface area contributed by atoms with Gasteiger partial charge in [0.2, 0.25) is 0 Å². The largest absolute Gasteiger partial charge is 0.493 e. The molecule has 0 bridgehead atoms. The normalized spacial score (nSPS) is 26.5. The molecule has 1 saturated carbocycles. The number of nitrogens with zero attached hydrogens (tertiary/aromatic N) is 3. The molecule has 1 aliphatic heterocycles. The minimum absolute atomic E-state index is 0.127. The Hall–Kier alpha value is -3.34. The van der Waals surface area contributed by atoms with Crippen molar-refractivity contribution < 1.29 is 14.4 Å². The molecule has 1 aliphatic carbocycles. The minimum atomic E-state index is -1.71. The van der Waals surface area contributed by atoms with Gasteiger partial charge in [-0.25, -0.2) is 0 Å². The topological polar surface area (TPSA) is 118 Å². The lowest BCUT2D eigenvalue weighted by Crippen LogP contribution is -3.13. The number of ether oxygens (including phenoxy) is 2. The molecule has 0 aromatic heterocycles. The van der Waals surface area contributed by atoms with Crippen LogP contribution in [0.1, 0.15) is 31.7 Å². The number of rotatable bonds is 6.